The molecule has 0 unspecified atom stereocenters. The number of halogens is 1. The molecular formula is C19H35IN4O3. The molecule has 2 heterocycles. The number of nitrogens with one attached hydrogen (secondary N) is 2. The molecule has 1 saturated heterocycles. The molecule has 0 amide bonds. The van der Waals surface area contributed by atoms with E-state index < -0.39 is 0 Å². The standard InChI is InChI=1S/C19H34N4O3.HI/c1-4-20-19(22-10-6-18-15(2)23-26-16(18)3)21-9-5-11-25-14-17-7-12-24-13-8-17;/h17H,4-14H2,1-3H3,(H2,20,21,22);1H. The molecule has 0 atom stereocenters. The van der Waals surface area contributed by atoms with Crippen LogP contribution in [-0.4, -0.2) is 57.2 Å². The fourth-order valence-corrected chi connectivity index (χ4v) is 3.03. The van der Waals surface area contributed by atoms with Gasteiger partial charge in [0.1, 0.15) is 5.76 Å². The lowest BCUT2D eigenvalue weighted by Gasteiger charge is -2.21. The normalized spacial score (nSPS) is 15.4. The lowest BCUT2D eigenvalue weighted by Crippen LogP contribution is -2.38. The third-order valence-electron chi connectivity index (χ3n) is 4.60. The predicted molar refractivity (Wildman–Crippen MR) is 118 cm³/mol. The lowest BCUT2D eigenvalue weighted by molar-refractivity contribution is 0.0205. The number of guanidine groups is 1. The van der Waals surface area contributed by atoms with E-state index in [-0.39, 0.29) is 24.0 Å². The molecule has 2 rings (SSSR count). The van der Waals surface area contributed by atoms with E-state index in [1.54, 1.807) is 0 Å². The van der Waals surface area contributed by atoms with Crippen molar-refractivity contribution in [1.29, 1.82) is 0 Å². The van der Waals surface area contributed by atoms with Gasteiger partial charge in [-0.15, -0.1) is 24.0 Å². The zero-order valence-electron chi connectivity index (χ0n) is 16.9. The van der Waals surface area contributed by atoms with Gasteiger partial charge in [-0.25, -0.2) is 0 Å². The molecule has 2 N–H and O–H groups in total. The molecule has 1 aromatic heterocycles. The zero-order chi connectivity index (χ0) is 18.6. The second kappa shape index (κ2) is 14.2. The van der Waals surface area contributed by atoms with E-state index in [0.29, 0.717) is 5.92 Å². The van der Waals surface area contributed by atoms with Crippen molar-refractivity contribution in [3.05, 3.63) is 17.0 Å². The quantitative estimate of drug-likeness (QED) is 0.225. The van der Waals surface area contributed by atoms with Gasteiger partial charge in [-0.1, -0.05) is 5.16 Å². The van der Waals surface area contributed by atoms with Crippen LogP contribution in [0.4, 0.5) is 0 Å². The van der Waals surface area contributed by atoms with Crippen LogP contribution in [0.1, 0.15) is 43.2 Å². The highest BCUT2D eigenvalue weighted by Gasteiger charge is 2.13. The van der Waals surface area contributed by atoms with E-state index >= 15 is 0 Å². The Kier molecular flexibility index (Phi) is 12.7. The Bertz CT molecular complexity index is 526. The van der Waals surface area contributed by atoms with Crippen LogP contribution in [0.5, 0.6) is 0 Å². The van der Waals surface area contributed by atoms with Crippen molar-refractivity contribution in [3.8, 4) is 0 Å². The Morgan fingerprint density at radius 2 is 2.04 bits per heavy atom. The summed E-state index contributed by atoms with van der Waals surface area (Å²) in [6.45, 7) is 11.8. The topological polar surface area (TPSA) is 80.9 Å². The molecule has 27 heavy (non-hydrogen) atoms. The Labute approximate surface area is 180 Å². The summed E-state index contributed by atoms with van der Waals surface area (Å²) >= 11 is 0. The summed E-state index contributed by atoms with van der Waals surface area (Å²) in [4.78, 5) is 4.62. The van der Waals surface area contributed by atoms with E-state index in [1.165, 1.54) is 5.56 Å². The van der Waals surface area contributed by atoms with E-state index in [0.717, 1.165) is 89.2 Å². The Balaban J connectivity index is 0.00000364. The van der Waals surface area contributed by atoms with Crippen molar-refractivity contribution < 1.29 is 14.0 Å². The number of nitrogens with zero attached hydrogens (tertiary/aromatic N) is 2. The molecular weight excluding hydrogens is 459 g/mol. The fraction of sp³-hybridized carbons (Fsp3) is 0.789. The molecule has 1 aliphatic heterocycles. The Hall–Kier alpha value is -0.870. The first-order valence-electron chi connectivity index (χ1n) is 9.80. The van der Waals surface area contributed by atoms with Crippen LogP contribution in [0, 0.1) is 19.8 Å². The van der Waals surface area contributed by atoms with Crippen molar-refractivity contribution >= 4 is 29.9 Å². The van der Waals surface area contributed by atoms with Gasteiger partial charge in [-0.3, -0.25) is 4.99 Å². The summed E-state index contributed by atoms with van der Waals surface area (Å²) in [6.07, 6.45) is 4.05. The molecule has 0 saturated carbocycles. The van der Waals surface area contributed by atoms with Crippen LogP contribution in [0.15, 0.2) is 9.52 Å². The molecule has 7 nitrogen and oxygen atoms in total. The smallest absolute Gasteiger partial charge is 0.191 e. The molecule has 0 bridgehead atoms. The average Bonchev–Trinajstić information content (AvgIpc) is 2.97. The minimum Gasteiger partial charge on any atom is -0.381 e. The largest absolute Gasteiger partial charge is 0.381 e. The van der Waals surface area contributed by atoms with Crippen LogP contribution in [0.3, 0.4) is 0 Å². The Morgan fingerprint density at radius 3 is 2.70 bits per heavy atom. The van der Waals surface area contributed by atoms with Crippen LogP contribution in [0.2, 0.25) is 0 Å². The molecule has 8 heteroatoms. The molecule has 0 aromatic carbocycles. The van der Waals surface area contributed by atoms with Gasteiger partial charge < -0.3 is 24.6 Å². The number of aromatic nitrogens is 1. The summed E-state index contributed by atoms with van der Waals surface area (Å²) < 4.78 is 16.4. The van der Waals surface area contributed by atoms with Crippen LogP contribution >= 0.6 is 24.0 Å². The van der Waals surface area contributed by atoms with Gasteiger partial charge >= 0.3 is 0 Å². The Morgan fingerprint density at radius 1 is 1.26 bits per heavy atom. The number of aryl methyl sites for hydroxylation is 2. The number of ether oxygens (including phenoxy) is 2. The highest BCUT2D eigenvalue weighted by Crippen LogP contribution is 2.14. The first kappa shape index (κ1) is 24.2. The van der Waals surface area contributed by atoms with Crippen molar-refractivity contribution in [2.75, 3.05) is 46.1 Å². The number of hydrogen-bond donors (Lipinski definition) is 2. The van der Waals surface area contributed by atoms with Crippen molar-refractivity contribution in [1.82, 2.24) is 15.8 Å². The summed E-state index contributed by atoms with van der Waals surface area (Å²) in [5.41, 5.74) is 2.14. The number of rotatable bonds is 10. The third-order valence-corrected chi connectivity index (χ3v) is 4.60. The molecule has 1 aliphatic rings. The summed E-state index contributed by atoms with van der Waals surface area (Å²) in [6, 6.07) is 0. The second-order valence-corrected chi connectivity index (χ2v) is 6.72. The van der Waals surface area contributed by atoms with Gasteiger partial charge in [0.25, 0.3) is 0 Å². The maximum Gasteiger partial charge on any atom is 0.191 e. The minimum atomic E-state index is 0. The summed E-state index contributed by atoms with van der Waals surface area (Å²) in [5.74, 6) is 2.41. The van der Waals surface area contributed by atoms with Gasteiger partial charge in [0, 0.05) is 51.6 Å². The summed E-state index contributed by atoms with van der Waals surface area (Å²) in [5, 5.41) is 10.6. The van der Waals surface area contributed by atoms with E-state index in [4.69, 9.17) is 14.0 Å². The fourth-order valence-electron chi connectivity index (χ4n) is 3.03. The maximum absolute atomic E-state index is 5.79. The molecule has 1 fully saturated rings. The first-order valence-corrected chi connectivity index (χ1v) is 9.80. The highest BCUT2D eigenvalue weighted by molar-refractivity contribution is 14.0. The maximum atomic E-state index is 5.79. The van der Waals surface area contributed by atoms with Gasteiger partial charge in [-0.05, 0) is 52.4 Å². The predicted octanol–water partition coefficient (Wildman–Crippen LogP) is 2.84. The van der Waals surface area contributed by atoms with Crippen LogP contribution in [-0.2, 0) is 15.9 Å². The van der Waals surface area contributed by atoms with Crippen molar-refractivity contribution in [2.45, 2.75) is 46.5 Å². The van der Waals surface area contributed by atoms with Gasteiger partial charge in [-0.2, -0.15) is 0 Å². The SMILES string of the molecule is CCNC(=NCCCOCC1CCOCC1)NCCc1c(C)noc1C.I. The number of aliphatic imine (C=N–C) groups is 1. The van der Waals surface area contributed by atoms with E-state index in [2.05, 4.69) is 27.7 Å². The van der Waals surface area contributed by atoms with Crippen LogP contribution < -0.4 is 10.6 Å². The average molecular weight is 494 g/mol. The first-order chi connectivity index (χ1) is 12.7. The lowest BCUT2D eigenvalue weighted by atomic mass is 10.0. The molecule has 0 radical (unpaired) electrons. The highest BCUT2D eigenvalue weighted by atomic mass is 127. The van der Waals surface area contributed by atoms with Crippen LogP contribution in [0.25, 0.3) is 0 Å². The van der Waals surface area contributed by atoms with Gasteiger partial charge in [0.2, 0.25) is 0 Å². The molecule has 156 valence electrons. The minimum absolute atomic E-state index is 0. The zero-order valence-corrected chi connectivity index (χ0v) is 19.2. The van der Waals surface area contributed by atoms with E-state index in [1.807, 2.05) is 13.8 Å². The van der Waals surface area contributed by atoms with E-state index in [9.17, 15) is 0 Å². The molecule has 0 aliphatic carbocycles. The monoisotopic (exact) mass is 494 g/mol. The second-order valence-electron chi connectivity index (χ2n) is 6.72. The summed E-state index contributed by atoms with van der Waals surface area (Å²) in [7, 11) is 0. The molecule has 0 spiro atoms. The molecule has 1 aromatic rings. The van der Waals surface area contributed by atoms with Gasteiger partial charge in [0.05, 0.1) is 5.69 Å². The van der Waals surface area contributed by atoms with Crippen molar-refractivity contribution in [3.63, 3.8) is 0 Å². The van der Waals surface area contributed by atoms with Gasteiger partial charge in [0.15, 0.2) is 5.96 Å². The third kappa shape index (κ3) is 9.25. The number of hydrogen-bond acceptors (Lipinski definition) is 5. The van der Waals surface area contributed by atoms with Crippen molar-refractivity contribution in [2.24, 2.45) is 10.9 Å².